The van der Waals surface area contributed by atoms with Crippen LogP contribution in [0.25, 0.3) is 10.4 Å². The minimum atomic E-state index is 0.201. The zero-order valence-corrected chi connectivity index (χ0v) is 14.1. The summed E-state index contributed by atoms with van der Waals surface area (Å²) < 4.78 is 0. The van der Waals surface area contributed by atoms with E-state index < -0.39 is 0 Å². The number of nitrogens with zero attached hydrogens (tertiary/aromatic N) is 5. The zero-order chi connectivity index (χ0) is 17.5. The fourth-order valence-corrected chi connectivity index (χ4v) is 3.04. The minimum absolute atomic E-state index is 0.201. The van der Waals surface area contributed by atoms with Crippen LogP contribution in [-0.2, 0) is 11.2 Å². The average Bonchev–Trinajstić information content (AvgIpc) is 2.68. The highest BCUT2D eigenvalue weighted by Crippen LogP contribution is 2.17. The summed E-state index contributed by atoms with van der Waals surface area (Å²) in [5.74, 6) is 0.201. The third kappa shape index (κ3) is 4.52. The molecule has 0 saturated carbocycles. The Hall–Kier alpha value is -2.98. The third-order valence-corrected chi connectivity index (χ3v) is 4.48. The monoisotopic (exact) mass is 335 g/mol. The van der Waals surface area contributed by atoms with Crippen molar-refractivity contribution in [1.29, 1.82) is 0 Å². The molecule has 1 saturated heterocycles. The quantitative estimate of drug-likeness (QED) is 0.472. The highest BCUT2D eigenvalue weighted by atomic mass is 16.2. The van der Waals surface area contributed by atoms with E-state index in [9.17, 15) is 4.79 Å². The molecule has 0 spiro atoms. The summed E-state index contributed by atoms with van der Waals surface area (Å²) in [6.45, 7) is 3.28. The highest BCUT2D eigenvalue weighted by molar-refractivity contribution is 5.76. The first kappa shape index (κ1) is 16.9. The van der Waals surface area contributed by atoms with E-state index in [2.05, 4.69) is 27.1 Å². The van der Waals surface area contributed by atoms with Gasteiger partial charge in [-0.15, -0.1) is 0 Å². The van der Waals surface area contributed by atoms with Gasteiger partial charge in [0.05, 0.1) is 0 Å². The van der Waals surface area contributed by atoms with E-state index in [1.807, 2.05) is 35.2 Å². The van der Waals surface area contributed by atoms with Crippen LogP contribution in [0, 0.1) is 0 Å². The van der Waals surface area contributed by atoms with Crippen molar-refractivity contribution >= 4 is 17.3 Å². The summed E-state index contributed by atoms with van der Waals surface area (Å²) in [4.78, 5) is 19.5. The number of rotatable bonds is 5. The lowest BCUT2D eigenvalue weighted by atomic mass is 10.1. The maximum absolute atomic E-state index is 12.4. The van der Waals surface area contributed by atoms with Crippen molar-refractivity contribution < 1.29 is 4.79 Å². The van der Waals surface area contributed by atoms with Gasteiger partial charge in [0.15, 0.2) is 0 Å². The molecule has 0 aromatic heterocycles. The predicted molar refractivity (Wildman–Crippen MR) is 98.8 cm³/mol. The first-order chi connectivity index (χ1) is 12.3. The Balaban J connectivity index is 1.47. The summed E-state index contributed by atoms with van der Waals surface area (Å²) in [6.07, 6.45) is 1.21. The topological polar surface area (TPSA) is 72.3 Å². The predicted octanol–water partition coefficient (Wildman–Crippen LogP) is 3.91. The molecule has 1 fully saturated rings. The number of carbonyl (C=O) groups is 1. The summed E-state index contributed by atoms with van der Waals surface area (Å²) in [5, 5.41) is 3.55. The number of piperazine rings is 1. The van der Waals surface area contributed by atoms with Gasteiger partial charge >= 0.3 is 0 Å². The van der Waals surface area contributed by atoms with Gasteiger partial charge in [0.25, 0.3) is 0 Å². The van der Waals surface area contributed by atoms with Gasteiger partial charge in [-0.3, -0.25) is 4.79 Å². The second-order valence-corrected chi connectivity index (χ2v) is 6.06. The summed E-state index contributed by atoms with van der Waals surface area (Å²) in [5.41, 5.74) is 11.3. The van der Waals surface area contributed by atoms with Gasteiger partial charge in [-0.05, 0) is 29.6 Å². The summed E-state index contributed by atoms with van der Waals surface area (Å²) >= 11 is 0. The molecular weight excluding hydrogens is 314 g/mol. The van der Waals surface area contributed by atoms with E-state index in [4.69, 9.17) is 5.53 Å². The van der Waals surface area contributed by atoms with Crippen molar-refractivity contribution in [3.8, 4) is 0 Å². The lowest BCUT2D eigenvalue weighted by molar-refractivity contribution is -0.131. The van der Waals surface area contributed by atoms with E-state index >= 15 is 0 Å². The Labute approximate surface area is 147 Å². The molecule has 2 aromatic carbocycles. The van der Waals surface area contributed by atoms with Gasteiger partial charge in [0.1, 0.15) is 0 Å². The van der Waals surface area contributed by atoms with Crippen LogP contribution in [0.15, 0.2) is 59.7 Å². The Kier molecular flexibility index (Phi) is 5.54. The highest BCUT2D eigenvalue weighted by Gasteiger charge is 2.20. The Bertz CT molecular complexity index is 745. The van der Waals surface area contributed by atoms with E-state index in [0.29, 0.717) is 18.5 Å². The summed E-state index contributed by atoms with van der Waals surface area (Å²) in [6, 6.07) is 17.7. The van der Waals surface area contributed by atoms with E-state index in [1.165, 1.54) is 5.69 Å². The molecule has 25 heavy (non-hydrogen) atoms. The Morgan fingerprint density at radius 2 is 1.68 bits per heavy atom. The minimum Gasteiger partial charge on any atom is -0.368 e. The van der Waals surface area contributed by atoms with Gasteiger partial charge < -0.3 is 9.80 Å². The number of benzene rings is 2. The number of para-hydroxylation sites is 1. The van der Waals surface area contributed by atoms with Gasteiger partial charge in [-0.2, -0.15) is 0 Å². The molecule has 0 radical (unpaired) electrons. The van der Waals surface area contributed by atoms with Gasteiger partial charge in [-0.1, -0.05) is 47.6 Å². The molecule has 3 rings (SSSR count). The number of hydrogen-bond acceptors (Lipinski definition) is 3. The van der Waals surface area contributed by atoms with Crippen LogP contribution in [-0.4, -0.2) is 37.0 Å². The number of azide groups is 1. The molecule has 0 bridgehead atoms. The van der Waals surface area contributed by atoms with E-state index in [0.717, 1.165) is 31.7 Å². The van der Waals surface area contributed by atoms with Crippen LogP contribution in [0.2, 0.25) is 0 Å². The van der Waals surface area contributed by atoms with Crippen LogP contribution < -0.4 is 4.90 Å². The van der Waals surface area contributed by atoms with Crippen molar-refractivity contribution in [2.45, 2.75) is 12.8 Å². The van der Waals surface area contributed by atoms with Crippen LogP contribution >= 0.6 is 0 Å². The second kappa shape index (κ2) is 8.22. The first-order valence-corrected chi connectivity index (χ1v) is 8.48. The van der Waals surface area contributed by atoms with Crippen LogP contribution in [0.3, 0.4) is 0 Å². The van der Waals surface area contributed by atoms with Gasteiger partial charge in [0, 0.05) is 48.9 Å². The smallest absolute Gasteiger partial charge is 0.223 e. The van der Waals surface area contributed by atoms with Crippen molar-refractivity contribution in [2.24, 2.45) is 5.11 Å². The normalized spacial score (nSPS) is 14.1. The zero-order valence-electron chi connectivity index (χ0n) is 14.1. The number of aryl methyl sites for hydroxylation is 1. The molecule has 0 unspecified atom stereocenters. The second-order valence-electron chi connectivity index (χ2n) is 6.06. The third-order valence-electron chi connectivity index (χ3n) is 4.48. The Morgan fingerprint density at radius 1 is 1.00 bits per heavy atom. The van der Waals surface area contributed by atoms with Crippen molar-refractivity contribution in [1.82, 2.24) is 4.90 Å². The molecule has 6 heteroatoms. The van der Waals surface area contributed by atoms with Gasteiger partial charge in [-0.25, -0.2) is 0 Å². The molecule has 1 aliphatic rings. The van der Waals surface area contributed by atoms with Crippen molar-refractivity contribution in [3.63, 3.8) is 0 Å². The van der Waals surface area contributed by atoms with Crippen LogP contribution in [0.5, 0.6) is 0 Å². The SMILES string of the molecule is [N-]=[N+]=Nc1ccc(CCC(=O)N2CCN(c3ccccc3)CC2)cc1. The standard InChI is InChI=1S/C19H21N5O/c20-22-21-17-9-6-16(7-10-17)8-11-19(25)24-14-12-23(13-15-24)18-4-2-1-3-5-18/h1-7,9-10H,8,11-15H2. The van der Waals surface area contributed by atoms with Gasteiger partial charge in [0.2, 0.25) is 5.91 Å². The lowest BCUT2D eigenvalue weighted by Gasteiger charge is -2.36. The fourth-order valence-electron chi connectivity index (χ4n) is 3.04. The van der Waals surface area contributed by atoms with Crippen molar-refractivity contribution in [2.75, 3.05) is 31.1 Å². The summed E-state index contributed by atoms with van der Waals surface area (Å²) in [7, 11) is 0. The number of anilines is 1. The largest absolute Gasteiger partial charge is 0.368 e. The van der Waals surface area contributed by atoms with Crippen LogP contribution in [0.4, 0.5) is 11.4 Å². The molecule has 0 atom stereocenters. The Morgan fingerprint density at radius 3 is 2.32 bits per heavy atom. The molecular formula is C19H21N5O. The number of hydrogen-bond donors (Lipinski definition) is 0. The van der Waals surface area contributed by atoms with Crippen molar-refractivity contribution in [3.05, 3.63) is 70.6 Å². The average molecular weight is 335 g/mol. The molecule has 1 heterocycles. The molecule has 0 N–H and O–H groups in total. The number of carbonyl (C=O) groups excluding carboxylic acids is 1. The van der Waals surface area contributed by atoms with E-state index in [1.54, 1.807) is 12.1 Å². The molecule has 6 nitrogen and oxygen atoms in total. The van der Waals surface area contributed by atoms with Crippen LogP contribution in [0.1, 0.15) is 12.0 Å². The lowest BCUT2D eigenvalue weighted by Crippen LogP contribution is -2.48. The molecule has 1 aliphatic heterocycles. The van der Waals surface area contributed by atoms with E-state index in [-0.39, 0.29) is 5.91 Å². The molecule has 2 aromatic rings. The molecule has 1 amide bonds. The first-order valence-electron chi connectivity index (χ1n) is 8.48. The number of amides is 1. The molecule has 128 valence electrons. The fraction of sp³-hybridized carbons (Fsp3) is 0.316. The molecule has 0 aliphatic carbocycles. The maximum Gasteiger partial charge on any atom is 0.223 e. The maximum atomic E-state index is 12.4.